The van der Waals surface area contributed by atoms with Gasteiger partial charge in [-0.1, -0.05) is 121 Å². The van der Waals surface area contributed by atoms with Crippen LogP contribution in [0.4, 0.5) is 17.1 Å². The van der Waals surface area contributed by atoms with Crippen LogP contribution in [0, 0.1) is 0 Å². The Morgan fingerprint density at radius 2 is 0.906 bits per heavy atom. The fraction of sp³-hybridized carbons (Fsp3) is 0. The second kappa shape index (κ2) is 12.9. The molecule has 8 aromatic carbocycles. The Bertz CT molecular complexity index is 2860. The van der Waals surface area contributed by atoms with Crippen molar-refractivity contribution in [1.29, 1.82) is 0 Å². The van der Waals surface area contributed by atoms with Crippen molar-refractivity contribution in [1.82, 2.24) is 4.98 Å². The number of oxazole rings is 1. The van der Waals surface area contributed by atoms with Crippen LogP contribution in [-0.2, 0) is 0 Å². The van der Waals surface area contributed by atoms with E-state index in [0.717, 1.165) is 77.9 Å². The van der Waals surface area contributed by atoms with Crippen molar-refractivity contribution in [3.63, 3.8) is 0 Å². The van der Waals surface area contributed by atoms with Crippen LogP contribution in [0.25, 0.3) is 77.9 Å². The molecule has 0 aliphatic rings. The van der Waals surface area contributed by atoms with Gasteiger partial charge >= 0.3 is 0 Å². The van der Waals surface area contributed by atoms with Gasteiger partial charge in [0.15, 0.2) is 5.58 Å². The Balaban J connectivity index is 1.03. The molecule has 10 aromatic rings. The molecule has 4 nitrogen and oxygen atoms in total. The first-order chi connectivity index (χ1) is 26.2. The van der Waals surface area contributed by atoms with E-state index in [2.05, 4.69) is 157 Å². The van der Waals surface area contributed by atoms with Crippen LogP contribution >= 0.6 is 0 Å². The molecule has 0 aliphatic carbocycles. The Morgan fingerprint density at radius 3 is 1.62 bits per heavy atom. The molecule has 4 heteroatoms. The van der Waals surface area contributed by atoms with Crippen LogP contribution in [0.2, 0.25) is 0 Å². The van der Waals surface area contributed by atoms with Crippen molar-refractivity contribution in [2.75, 3.05) is 4.90 Å². The zero-order valence-electron chi connectivity index (χ0n) is 28.7. The van der Waals surface area contributed by atoms with Crippen LogP contribution < -0.4 is 4.90 Å². The van der Waals surface area contributed by atoms with Gasteiger partial charge < -0.3 is 13.7 Å². The molecule has 0 bridgehead atoms. The highest BCUT2D eigenvalue weighted by atomic mass is 16.4. The van der Waals surface area contributed by atoms with Gasteiger partial charge in [-0.3, -0.25) is 0 Å². The Labute approximate surface area is 306 Å². The standard InChI is InChI=1S/C49H32N2O2/c1-5-13-33(14-6-1)37-24-28-45(42(29-37)35-15-7-2-8-16-35)51(39-19-11-4-12-20-39)40-25-21-34(22-26-40)38-23-27-41-43-31-48-44(32-47(43)52-46(41)30-38)50-49(53-48)36-17-9-3-10-18-36/h1-32H. The number of aromatic nitrogens is 1. The molecule has 0 spiro atoms. The first-order valence-corrected chi connectivity index (χ1v) is 17.8. The Morgan fingerprint density at radius 1 is 0.358 bits per heavy atom. The predicted octanol–water partition coefficient (Wildman–Crippen LogP) is 13.9. The number of hydrogen-bond acceptors (Lipinski definition) is 4. The second-order valence-electron chi connectivity index (χ2n) is 13.2. The van der Waals surface area contributed by atoms with Crippen molar-refractivity contribution in [2.45, 2.75) is 0 Å². The second-order valence-corrected chi connectivity index (χ2v) is 13.2. The normalized spacial score (nSPS) is 11.4. The predicted molar refractivity (Wildman–Crippen MR) is 218 cm³/mol. The lowest BCUT2D eigenvalue weighted by Crippen LogP contribution is -2.11. The number of furan rings is 1. The highest BCUT2D eigenvalue weighted by molar-refractivity contribution is 6.09. The number of hydrogen-bond donors (Lipinski definition) is 0. The van der Waals surface area contributed by atoms with E-state index in [9.17, 15) is 0 Å². The third-order valence-electron chi connectivity index (χ3n) is 9.90. The third kappa shape index (κ3) is 5.63. The smallest absolute Gasteiger partial charge is 0.227 e. The molecule has 0 radical (unpaired) electrons. The molecule has 0 amide bonds. The van der Waals surface area contributed by atoms with Crippen molar-refractivity contribution in [2.24, 2.45) is 0 Å². The maximum absolute atomic E-state index is 6.42. The molecular weight excluding hydrogens is 649 g/mol. The van der Waals surface area contributed by atoms with Gasteiger partial charge in [0.05, 0.1) is 5.69 Å². The summed E-state index contributed by atoms with van der Waals surface area (Å²) in [5.41, 5.74) is 14.2. The summed E-state index contributed by atoms with van der Waals surface area (Å²) in [7, 11) is 0. The molecule has 0 saturated carbocycles. The summed E-state index contributed by atoms with van der Waals surface area (Å²) < 4.78 is 12.6. The van der Waals surface area contributed by atoms with E-state index in [1.165, 1.54) is 11.1 Å². The lowest BCUT2D eigenvalue weighted by molar-refractivity contribution is 0.620. The van der Waals surface area contributed by atoms with E-state index in [1.807, 2.05) is 42.5 Å². The number of nitrogens with zero attached hydrogens (tertiary/aromatic N) is 2. The largest absolute Gasteiger partial charge is 0.456 e. The SMILES string of the molecule is c1ccc(-c2ccc(N(c3ccccc3)c3ccc(-c4ccc5c(c4)oc4cc6nc(-c7ccccc7)oc6cc45)cc3)c(-c3ccccc3)c2)cc1. The van der Waals surface area contributed by atoms with E-state index in [1.54, 1.807) is 0 Å². The van der Waals surface area contributed by atoms with Gasteiger partial charge in [0, 0.05) is 39.3 Å². The number of para-hydroxylation sites is 1. The number of benzene rings is 8. The van der Waals surface area contributed by atoms with Crippen LogP contribution in [0.5, 0.6) is 0 Å². The minimum atomic E-state index is 0.606. The van der Waals surface area contributed by atoms with Crippen LogP contribution in [-0.4, -0.2) is 4.98 Å². The summed E-state index contributed by atoms with van der Waals surface area (Å²) in [4.78, 5) is 7.09. The highest BCUT2D eigenvalue weighted by Gasteiger charge is 2.19. The summed E-state index contributed by atoms with van der Waals surface area (Å²) in [6.45, 7) is 0. The lowest BCUT2D eigenvalue weighted by atomic mass is 9.96. The van der Waals surface area contributed by atoms with E-state index < -0.39 is 0 Å². The minimum Gasteiger partial charge on any atom is -0.456 e. The van der Waals surface area contributed by atoms with Crippen LogP contribution in [0.1, 0.15) is 0 Å². The van der Waals surface area contributed by atoms with Gasteiger partial charge in [0.25, 0.3) is 0 Å². The molecule has 10 rings (SSSR count). The average Bonchev–Trinajstić information content (AvgIpc) is 3.82. The van der Waals surface area contributed by atoms with Gasteiger partial charge in [0.1, 0.15) is 16.7 Å². The monoisotopic (exact) mass is 680 g/mol. The molecule has 0 aliphatic heterocycles. The van der Waals surface area contributed by atoms with Crippen molar-refractivity contribution in [3.05, 3.63) is 194 Å². The van der Waals surface area contributed by atoms with Gasteiger partial charge in [-0.2, -0.15) is 0 Å². The fourth-order valence-electron chi connectivity index (χ4n) is 7.28. The van der Waals surface area contributed by atoms with Gasteiger partial charge in [-0.15, -0.1) is 0 Å². The summed E-state index contributed by atoms with van der Waals surface area (Å²) in [5.74, 6) is 0.606. The molecule has 0 saturated heterocycles. The third-order valence-corrected chi connectivity index (χ3v) is 9.90. The molecule has 2 heterocycles. The first-order valence-electron chi connectivity index (χ1n) is 17.8. The van der Waals surface area contributed by atoms with Gasteiger partial charge in [-0.05, 0) is 94.5 Å². The zero-order valence-corrected chi connectivity index (χ0v) is 28.7. The quantitative estimate of drug-likeness (QED) is 0.168. The fourth-order valence-corrected chi connectivity index (χ4v) is 7.28. The topological polar surface area (TPSA) is 42.4 Å². The molecule has 0 atom stereocenters. The van der Waals surface area contributed by atoms with Gasteiger partial charge in [-0.25, -0.2) is 4.98 Å². The summed E-state index contributed by atoms with van der Waals surface area (Å²) in [5, 5.41) is 2.05. The first kappa shape index (κ1) is 30.6. The van der Waals surface area contributed by atoms with Gasteiger partial charge in [0.2, 0.25) is 5.89 Å². The molecular formula is C49H32N2O2. The summed E-state index contributed by atoms with van der Waals surface area (Å²) >= 11 is 0. The van der Waals surface area contributed by atoms with E-state index >= 15 is 0 Å². The van der Waals surface area contributed by atoms with Crippen molar-refractivity contribution in [3.8, 4) is 44.8 Å². The summed E-state index contributed by atoms with van der Waals surface area (Å²) in [6.07, 6.45) is 0. The molecule has 0 N–H and O–H groups in total. The Kier molecular flexibility index (Phi) is 7.43. The number of rotatable bonds is 7. The van der Waals surface area contributed by atoms with E-state index in [-0.39, 0.29) is 0 Å². The molecule has 0 unspecified atom stereocenters. The van der Waals surface area contributed by atoms with E-state index in [0.29, 0.717) is 5.89 Å². The molecule has 53 heavy (non-hydrogen) atoms. The minimum absolute atomic E-state index is 0.606. The van der Waals surface area contributed by atoms with Crippen molar-refractivity contribution < 1.29 is 8.83 Å². The van der Waals surface area contributed by atoms with E-state index in [4.69, 9.17) is 13.8 Å². The summed E-state index contributed by atoms with van der Waals surface area (Å²) in [6, 6.07) is 67.8. The molecule has 2 aromatic heterocycles. The van der Waals surface area contributed by atoms with Crippen LogP contribution in [0.3, 0.4) is 0 Å². The highest BCUT2D eigenvalue weighted by Crippen LogP contribution is 2.43. The zero-order chi connectivity index (χ0) is 35.1. The average molecular weight is 681 g/mol. The number of fused-ring (bicyclic) bond motifs is 4. The Hall–Kier alpha value is -7.17. The number of anilines is 3. The van der Waals surface area contributed by atoms with Crippen molar-refractivity contribution >= 4 is 50.1 Å². The maximum atomic E-state index is 6.42. The molecule has 0 fully saturated rings. The molecule has 250 valence electrons. The maximum Gasteiger partial charge on any atom is 0.227 e. The lowest BCUT2D eigenvalue weighted by Gasteiger charge is -2.28. The van der Waals surface area contributed by atoms with Crippen LogP contribution in [0.15, 0.2) is 203 Å².